The first-order valence-electron chi connectivity index (χ1n) is 7.06. The molecule has 1 aliphatic rings. The van der Waals surface area contributed by atoms with Crippen molar-refractivity contribution in [2.45, 2.75) is 32.2 Å². The number of benzene rings is 1. The number of hydrogen-bond donors (Lipinski definition) is 2. The second-order valence-electron chi connectivity index (χ2n) is 5.67. The minimum absolute atomic E-state index is 0.0287. The number of carboxylic acid groups (broad SMARTS) is 1. The molecule has 1 amide bonds. The Hall–Kier alpha value is -1.88. The van der Waals surface area contributed by atoms with Crippen LogP contribution < -0.4 is 5.32 Å². The molecule has 1 heterocycles. The van der Waals surface area contributed by atoms with Gasteiger partial charge in [0.25, 0.3) is 5.91 Å². The fourth-order valence-electron chi connectivity index (χ4n) is 2.91. The molecule has 110 valence electrons. The van der Waals surface area contributed by atoms with Gasteiger partial charge in [0.15, 0.2) is 0 Å². The van der Waals surface area contributed by atoms with Crippen molar-refractivity contribution >= 4 is 33.3 Å². The lowest BCUT2D eigenvalue weighted by Crippen LogP contribution is -2.33. The van der Waals surface area contributed by atoms with Crippen LogP contribution >= 0.6 is 11.3 Å². The number of nitrogens with one attached hydrogen (secondary N) is 1. The van der Waals surface area contributed by atoms with E-state index in [0.717, 1.165) is 16.5 Å². The van der Waals surface area contributed by atoms with Crippen LogP contribution in [0.2, 0.25) is 0 Å². The molecule has 0 spiro atoms. The van der Waals surface area contributed by atoms with Gasteiger partial charge in [-0.05, 0) is 37.8 Å². The minimum Gasteiger partial charge on any atom is -0.481 e. The minimum atomic E-state index is -0.761. The van der Waals surface area contributed by atoms with Crippen molar-refractivity contribution in [3.8, 4) is 0 Å². The van der Waals surface area contributed by atoms with Gasteiger partial charge >= 0.3 is 5.97 Å². The van der Waals surface area contributed by atoms with Gasteiger partial charge in [-0.15, -0.1) is 11.3 Å². The third-order valence-electron chi connectivity index (χ3n) is 4.09. The summed E-state index contributed by atoms with van der Waals surface area (Å²) < 4.78 is 1.11. The molecule has 3 rings (SSSR count). The molecule has 2 N–H and O–H groups in total. The number of rotatable bonds is 3. The lowest BCUT2D eigenvalue weighted by molar-refractivity contribution is -0.141. The molecule has 2 atom stereocenters. The second-order valence-corrected chi connectivity index (χ2v) is 6.58. The molecule has 21 heavy (non-hydrogen) atoms. The summed E-state index contributed by atoms with van der Waals surface area (Å²) in [6.07, 6.45) is 1.91. The van der Waals surface area contributed by atoms with E-state index in [0.29, 0.717) is 18.4 Å². The van der Waals surface area contributed by atoms with E-state index in [9.17, 15) is 9.59 Å². The van der Waals surface area contributed by atoms with Crippen LogP contribution in [0.25, 0.3) is 10.1 Å². The van der Waals surface area contributed by atoms with Crippen LogP contribution in [0.15, 0.2) is 23.6 Å². The Bertz CT molecular complexity index is 707. The number of amides is 1. The summed E-state index contributed by atoms with van der Waals surface area (Å²) in [7, 11) is 0. The molecule has 1 fully saturated rings. The lowest BCUT2D eigenvalue weighted by Gasteiger charge is -2.12. The number of thiophene rings is 1. The van der Waals surface area contributed by atoms with Gasteiger partial charge in [-0.1, -0.05) is 12.1 Å². The van der Waals surface area contributed by atoms with E-state index in [4.69, 9.17) is 5.11 Å². The lowest BCUT2D eigenvalue weighted by atomic mass is 10.1. The van der Waals surface area contributed by atoms with Crippen molar-refractivity contribution in [2.75, 3.05) is 0 Å². The first-order valence-corrected chi connectivity index (χ1v) is 7.94. The van der Waals surface area contributed by atoms with Crippen molar-refractivity contribution in [3.63, 3.8) is 0 Å². The molecule has 2 aromatic rings. The van der Waals surface area contributed by atoms with Gasteiger partial charge < -0.3 is 10.4 Å². The highest BCUT2D eigenvalue weighted by Gasteiger charge is 2.30. The summed E-state index contributed by atoms with van der Waals surface area (Å²) in [6.45, 7) is 2.03. The molecule has 5 heteroatoms. The molecular weight excluding hydrogens is 286 g/mol. The number of aryl methyl sites for hydroxylation is 1. The van der Waals surface area contributed by atoms with E-state index in [-0.39, 0.29) is 17.9 Å². The van der Waals surface area contributed by atoms with E-state index in [1.807, 2.05) is 24.4 Å². The Kier molecular flexibility index (Phi) is 3.68. The number of carboxylic acids is 1. The fourth-order valence-corrected chi connectivity index (χ4v) is 3.95. The Morgan fingerprint density at radius 2 is 2.14 bits per heavy atom. The molecule has 0 radical (unpaired) electrons. The summed E-state index contributed by atoms with van der Waals surface area (Å²) in [6, 6.07) is 6.03. The monoisotopic (exact) mass is 303 g/mol. The SMILES string of the molecule is Cc1ccc2c(C(=O)N[C@@H]3CC[C@H](C(=O)O)C3)csc2c1. The third-order valence-corrected chi connectivity index (χ3v) is 5.04. The first kappa shape index (κ1) is 14.1. The Balaban J connectivity index is 1.74. The standard InChI is InChI=1S/C16H17NO3S/c1-9-2-5-12-13(8-21-14(12)6-9)15(18)17-11-4-3-10(7-11)16(19)20/h2,5-6,8,10-11H,3-4,7H2,1H3,(H,17,18)(H,19,20)/t10-,11+/m0/s1. The second kappa shape index (κ2) is 5.48. The van der Waals surface area contributed by atoms with Gasteiger partial charge in [0.2, 0.25) is 0 Å². The number of hydrogen-bond acceptors (Lipinski definition) is 3. The van der Waals surface area contributed by atoms with Crippen molar-refractivity contribution in [1.29, 1.82) is 0 Å². The summed E-state index contributed by atoms with van der Waals surface area (Å²) in [4.78, 5) is 23.3. The number of carbonyl (C=O) groups excluding carboxylic acids is 1. The van der Waals surface area contributed by atoms with E-state index in [2.05, 4.69) is 11.4 Å². The van der Waals surface area contributed by atoms with E-state index >= 15 is 0 Å². The maximum Gasteiger partial charge on any atom is 0.306 e. The smallest absolute Gasteiger partial charge is 0.306 e. The zero-order chi connectivity index (χ0) is 15.0. The highest BCUT2D eigenvalue weighted by atomic mass is 32.1. The number of carbonyl (C=O) groups is 2. The van der Waals surface area contributed by atoms with Crippen molar-refractivity contribution in [2.24, 2.45) is 5.92 Å². The van der Waals surface area contributed by atoms with E-state index < -0.39 is 5.97 Å². The molecule has 1 aliphatic carbocycles. The largest absolute Gasteiger partial charge is 0.481 e. The van der Waals surface area contributed by atoms with Crippen LogP contribution in [0.3, 0.4) is 0 Å². The van der Waals surface area contributed by atoms with Gasteiger partial charge in [0, 0.05) is 21.5 Å². The number of fused-ring (bicyclic) bond motifs is 1. The highest BCUT2D eigenvalue weighted by Crippen LogP contribution is 2.29. The summed E-state index contributed by atoms with van der Waals surface area (Å²) in [5.41, 5.74) is 1.87. The summed E-state index contributed by atoms with van der Waals surface area (Å²) in [5, 5.41) is 14.8. The molecule has 0 bridgehead atoms. The van der Waals surface area contributed by atoms with Gasteiger partial charge in [-0.3, -0.25) is 9.59 Å². The highest BCUT2D eigenvalue weighted by molar-refractivity contribution is 7.17. The summed E-state index contributed by atoms with van der Waals surface area (Å²) >= 11 is 1.56. The predicted octanol–water partition coefficient (Wildman–Crippen LogP) is 3.19. The normalized spacial score (nSPS) is 21.6. The molecule has 1 aromatic carbocycles. The zero-order valence-corrected chi connectivity index (χ0v) is 12.6. The summed E-state index contributed by atoms with van der Waals surface area (Å²) in [5.74, 6) is -1.18. The molecular formula is C16H17NO3S. The Labute approximate surface area is 126 Å². The van der Waals surface area contributed by atoms with E-state index in [1.54, 1.807) is 11.3 Å². The molecule has 0 unspecified atom stereocenters. The van der Waals surface area contributed by atoms with Crippen LogP contribution in [0.4, 0.5) is 0 Å². The van der Waals surface area contributed by atoms with E-state index in [1.165, 1.54) is 5.56 Å². The van der Waals surface area contributed by atoms with Crippen LogP contribution in [-0.4, -0.2) is 23.0 Å². The first-order chi connectivity index (χ1) is 10.0. The van der Waals surface area contributed by atoms with Crippen molar-refractivity contribution in [3.05, 3.63) is 34.7 Å². The maximum atomic E-state index is 12.4. The topological polar surface area (TPSA) is 66.4 Å². The van der Waals surface area contributed by atoms with Crippen LogP contribution in [-0.2, 0) is 4.79 Å². The molecule has 0 aliphatic heterocycles. The molecule has 1 saturated carbocycles. The van der Waals surface area contributed by atoms with Crippen LogP contribution in [0, 0.1) is 12.8 Å². The van der Waals surface area contributed by atoms with Gasteiger partial charge in [-0.2, -0.15) is 0 Å². The van der Waals surface area contributed by atoms with Gasteiger partial charge in [0.05, 0.1) is 11.5 Å². The molecule has 1 aromatic heterocycles. The Morgan fingerprint density at radius 1 is 1.33 bits per heavy atom. The average molecular weight is 303 g/mol. The zero-order valence-electron chi connectivity index (χ0n) is 11.8. The maximum absolute atomic E-state index is 12.4. The molecule has 0 saturated heterocycles. The van der Waals surface area contributed by atoms with Crippen molar-refractivity contribution < 1.29 is 14.7 Å². The predicted molar refractivity (Wildman–Crippen MR) is 82.8 cm³/mol. The van der Waals surface area contributed by atoms with Crippen LogP contribution in [0.5, 0.6) is 0 Å². The van der Waals surface area contributed by atoms with Crippen LogP contribution in [0.1, 0.15) is 35.2 Å². The van der Waals surface area contributed by atoms with Crippen molar-refractivity contribution in [1.82, 2.24) is 5.32 Å². The fraction of sp³-hybridized carbons (Fsp3) is 0.375. The quantitative estimate of drug-likeness (QED) is 0.915. The average Bonchev–Trinajstić information content (AvgIpc) is 3.04. The van der Waals surface area contributed by atoms with Gasteiger partial charge in [0.1, 0.15) is 0 Å². The van der Waals surface area contributed by atoms with Gasteiger partial charge in [-0.25, -0.2) is 0 Å². The molecule has 4 nitrogen and oxygen atoms in total. The Morgan fingerprint density at radius 3 is 2.86 bits per heavy atom. The number of aliphatic carboxylic acids is 1. The third kappa shape index (κ3) is 2.78.